The van der Waals surface area contributed by atoms with Crippen molar-refractivity contribution in [2.75, 3.05) is 19.6 Å². The highest BCUT2D eigenvalue weighted by Crippen LogP contribution is 2.26. The number of nitrogens with one attached hydrogen (secondary N) is 1. The van der Waals surface area contributed by atoms with E-state index in [-0.39, 0.29) is 11.7 Å². The third-order valence-corrected chi connectivity index (χ3v) is 4.92. The third-order valence-electron chi connectivity index (χ3n) is 4.92. The summed E-state index contributed by atoms with van der Waals surface area (Å²) < 4.78 is 13.4. The van der Waals surface area contributed by atoms with Crippen molar-refractivity contribution in [2.45, 2.75) is 38.6 Å². The molecule has 1 aromatic carbocycles. The van der Waals surface area contributed by atoms with Gasteiger partial charge in [-0.05, 0) is 62.8 Å². The minimum Gasteiger partial charge on any atom is -0.339 e. The van der Waals surface area contributed by atoms with Crippen molar-refractivity contribution in [1.82, 2.24) is 10.2 Å². The fraction of sp³-hybridized carbons (Fsp3) is 0.588. The number of hydrogen-bond donors (Lipinski definition) is 1. The molecule has 21 heavy (non-hydrogen) atoms. The van der Waals surface area contributed by atoms with Crippen LogP contribution in [0.2, 0.25) is 0 Å². The van der Waals surface area contributed by atoms with Gasteiger partial charge < -0.3 is 10.2 Å². The summed E-state index contributed by atoms with van der Waals surface area (Å²) in [6, 6.07) is 5.09. The molecule has 2 aliphatic heterocycles. The van der Waals surface area contributed by atoms with E-state index in [2.05, 4.69) is 5.32 Å². The Morgan fingerprint density at radius 1 is 1.29 bits per heavy atom. The molecule has 114 valence electrons. The van der Waals surface area contributed by atoms with Crippen molar-refractivity contribution in [3.63, 3.8) is 0 Å². The van der Waals surface area contributed by atoms with Gasteiger partial charge in [0.25, 0.3) is 5.91 Å². The molecule has 1 N–H and O–H groups in total. The number of aryl methyl sites for hydroxylation is 1. The molecule has 2 saturated heterocycles. The third kappa shape index (κ3) is 3.10. The molecular formula is C17H23FN2O. The highest BCUT2D eigenvalue weighted by molar-refractivity contribution is 5.95. The highest BCUT2D eigenvalue weighted by atomic mass is 19.1. The molecule has 0 saturated carbocycles. The maximum atomic E-state index is 13.4. The van der Waals surface area contributed by atoms with Crippen molar-refractivity contribution >= 4 is 5.91 Å². The lowest BCUT2D eigenvalue weighted by atomic mass is 9.88. The van der Waals surface area contributed by atoms with Gasteiger partial charge >= 0.3 is 0 Å². The topological polar surface area (TPSA) is 32.3 Å². The smallest absolute Gasteiger partial charge is 0.254 e. The molecule has 2 fully saturated rings. The second kappa shape index (κ2) is 6.14. The van der Waals surface area contributed by atoms with Gasteiger partial charge in [-0.25, -0.2) is 4.39 Å². The average Bonchev–Trinajstić information content (AvgIpc) is 3.03. The predicted molar refractivity (Wildman–Crippen MR) is 80.8 cm³/mol. The molecule has 0 spiro atoms. The largest absolute Gasteiger partial charge is 0.339 e. The van der Waals surface area contributed by atoms with E-state index >= 15 is 0 Å². The highest BCUT2D eigenvalue weighted by Gasteiger charge is 2.30. The van der Waals surface area contributed by atoms with Crippen molar-refractivity contribution in [1.29, 1.82) is 0 Å². The molecule has 1 aromatic rings. The van der Waals surface area contributed by atoms with E-state index in [9.17, 15) is 9.18 Å². The maximum absolute atomic E-state index is 13.4. The zero-order valence-corrected chi connectivity index (χ0v) is 12.6. The van der Waals surface area contributed by atoms with Gasteiger partial charge in [-0.3, -0.25) is 4.79 Å². The molecule has 0 aliphatic carbocycles. The summed E-state index contributed by atoms with van der Waals surface area (Å²) in [5, 5.41) is 3.57. The Morgan fingerprint density at radius 3 is 2.71 bits per heavy atom. The van der Waals surface area contributed by atoms with Gasteiger partial charge in [0.2, 0.25) is 0 Å². The SMILES string of the molecule is Cc1ccc(F)cc1C(=O)N1CCC(C2CCCN2)CC1. The Hall–Kier alpha value is -1.42. The first-order valence-corrected chi connectivity index (χ1v) is 7.94. The molecule has 1 atom stereocenters. The molecule has 1 unspecified atom stereocenters. The summed E-state index contributed by atoms with van der Waals surface area (Å²) in [5.74, 6) is 0.323. The van der Waals surface area contributed by atoms with E-state index in [1.165, 1.54) is 25.0 Å². The summed E-state index contributed by atoms with van der Waals surface area (Å²) in [6.45, 7) is 4.57. The Labute approximate surface area is 125 Å². The van der Waals surface area contributed by atoms with Crippen LogP contribution in [0, 0.1) is 18.7 Å². The zero-order chi connectivity index (χ0) is 14.8. The van der Waals surface area contributed by atoms with Crippen LogP contribution >= 0.6 is 0 Å². The van der Waals surface area contributed by atoms with Gasteiger partial charge in [-0.15, -0.1) is 0 Å². The number of nitrogens with zero attached hydrogens (tertiary/aromatic N) is 1. The van der Waals surface area contributed by atoms with Crippen molar-refractivity contribution in [3.8, 4) is 0 Å². The van der Waals surface area contributed by atoms with Crippen LogP contribution in [0.25, 0.3) is 0 Å². The Balaban J connectivity index is 1.63. The van der Waals surface area contributed by atoms with E-state index < -0.39 is 0 Å². The van der Waals surface area contributed by atoms with Crippen LogP contribution in [-0.2, 0) is 0 Å². The number of hydrogen-bond acceptors (Lipinski definition) is 2. The van der Waals surface area contributed by atoms with E-state index in [0.717, 1.165) is 38.0 Å². The summed E-state index contributed by atoms with van der Waals surface area (Å²) >= 11 is 0. The number of carbonyl (C=O) groups is 1. The second-order valence-corrected chi connectivity index (χ2v) is 6.29. The first-order chi connectivity index (χ1) is 10.1. The molecular weight excluding hydrogens is 267 g/mol. The monoisotopic (exact) mass is 290 g/mol. The molecule has 0 radical (unpaired) electrons. The minimum atomic E-state index is -0.339. The lowest BCUT2D eigenvalue weighted by Gasteiger charge is -2.35. The Morgan fingerprint density at radius 2 is 2.05 bits per heavy atom. The van der Waals surface area contributed by atoms with E-state index in [0.29, 0.717) is 17.5 Å². The zero-order valence-electron chi connectivity index (χ0n) is 12.6. The van der Waals surface area contributed by atoms with Gasteiger partial charge in [0.15, 0.2) is 0 Å². The van der Waals surface area contributed by atoms with E-state index in [4.69, 9.17) is 0 Å². The van der Waals surface area contributed by atoms with Gasteiger partial charge in [-0.1, -0.05) is 6.07 Å². The lowest BCUT2D eigenvalue weighted by Crippen LogP contribution is -2.43. The van der Waals surface area contributed by atoms with Gasteiger partial charge in [-0.2, -0.15) is 0 Å². The van der Waals surface area contributed by atoms with Gasteiger partial charge in [0.05, 0.1) is 0 Å². The fourth-order valence-corrected chi connectivity index (χ4v) is 3.61. The normalized spacial score (nSPS) is 23.5. The quantitative estimate of drug-likeness (QED) is 0.908. The lowest BCUT2D eigenvalue weighted by molar-refractivity contribution is 0.0673. The number of rotatable bonds is 2. The van der Waals surface area contributed by atoms with Crippen LogP contribution < -0.4 is 5.32 Å². The minimum absolute atomic E-state index is 0.0233. The molecule has 2 heterocycles. The average molecular weight is 290 g/mol. The van der Waals surface area contributed by atoms with Crippen LogP contribution in [-0.4, -0.2) is 36.5 Å². The van der Waals surface area contributed by atoms with Crippen LogP contribution in [0.3, 0.4) is 0 Å². The second-order valence-electron chi connectivity index (χ2n) is 6.29. The van der Waals surface area contributed by atoms with Crippen LogP contribution in [0.5, 0.6) is 0 Å². The molecule has 0 bridgehead atoms. The first-order valence-electron chi connectivity index (χ1n) is 7.94. The van der Waals surface area contributed by atoms with Crippen LogP contribution in [0.1, 0.15) is 41.6 Å². The van der Waals surface area contributed by atoms with E-state index in [1.54, 1.807) is 6.07 Å². The summed E-state index contributed by atoms with van der Waals surface area (Å²) in [7, 11) is 0. The molecule has 3 rings (SSSR count). The molecule has 1 amide bonds. The van der Waals surface area contributed by atoms with Gasteiger partial charge in [0.1, 0.15) is 5.82 Å². The number of amides is 1. The van der Waals surface area contributed by atoms with Crippen molar-refractivity contribution in [2.24, 2.45) is 5.92 Å². The number of halogens is 1. The number of carbonyl (C=O) groups excluding carboxylic acids is 1. The van der Waals surface area contributed by atoms with Crippen molar-refractivity contribution in [3.05, 3.63) is 35.1 Å². The Kier molecular flexibility index (Phi) is 4.24. The first kappa shape index (κ1) is 14.5. The molecule has 4 heteroatoms. The maximum Gasteiger partial charge on any atom is 0.254 e. The van der Waals surface area contributed by atoms with Crippen LogP contribution in [0.15, 0.2) is 18.2 Å². The summed E-state index contributed by atoms with van der Waals surface area (Å²) in [6.07, 6.45) is 4.64. The van der Waals surface area contributed by atoms with Crippen LogP contribution in [0.4, 0.5) is 4.39 Å². The number of benzene rings is 1. The van der Waals surface area contributed by atoms with Gasteiger partial charge in [0, 0.05) is 24.7 Å². The summed E-state index contributed by atoms with van der Waals surface area (Å²) in [4.78, 5) is 14.4. The fourth-order valence-electron chi connectivity index (χ4n) is 3.61. The van der Waals surface area contributed by atoms with E-state index in [1.807, 2.05) is 11.8 Å². The number of piperidine rings is 1. The number of likely N-dealkylation sites (tertiary alicyclic amines) is 1. The standard InChI is InChI=1S/C17H23FN2O/c1-12-4-5-14(18)11-15(12)17(21)20-9-6-13(7-10-20)16-3-2-8-19-16/h4-5,11,13,16,19H,2-3,6-10H2,1H3. The van der Waals surface area contributed by atoms with Crippen molar-refractivity contribution < 1.29 is 9.18 Å². The Bertz CT molecular complexity index is 518. The summed E-state index contributed by atoms with van der Waals surface area (Å²) in [5.41, 5.74) is 1.36. The predicted octanol–water partition coefficient (Wildman–Crippen LogP) is 2.74. The molecule has 2 aliphatic rings. The molecule has 3 nitrogen and oxygen atoms in total. The molecule has 0 aromatic heterocycles.